The van der Waals surface area contributed by atoms with E-state index in [9.17, 15) is 18.0 Å². The number of allylic oxidation sites excluding steroid dienone is 2. The number of hydrogen-bond acceptors (Lipinski definition) is 5. The lowest BCUT2D eigenvalue weighted by Gasteiger charge is -2.28. The van der Waals surface area contributed by atoms with Crippen molar-refractivity contribution in [2.24, 2.45) is 13.0 Å². The molecule has 31 heavy (non-hydrogen) atoms. The quantitative estimate of drug-likeness (QED) is 0.667. The molecule has 0 spiro atoms. The predicted octanol–water partition coefficient (Wildman–Crippen LogP) is 1.35. The van der Waals surface area contributed by atoms with E-state index < -0.39 is 21.5 Å². The lowest BCUT2D eigenvalue weighted by molar-refractivity contribution is -0.457. The highest BCUT2D eigenvalue weighted by Crippen LogP contribution is 2.37. The Balaban J connectivity index is 1.55. The number of imide groups is 1. The summed E-state index contributed by atoms with van der Waals surface area (Å²) < 4.78 is 31.8. The van der Waals surface area contributed by atoms with E-state index >= 15 is 0 Å². The molecule has 2 heterocycles. The maximum absolute atomic E-state index is 13.3. The SMILES string of the molecule is Cc1cc(C[N+]2=C3C=CC(S(=O)(=O)NC4(C)CC4)=CC3C(=O)N(C3CC3)C2=O)n(C)n1. The second-order valence-electron chi connectivity index (χ2n) is 9.18. The summed E-state index contributed by atoms with van der Waals surface area (Å²) in [5.74, 6) is -1.16. The molecule has 1 unspecified atom stereocenters. The number of hydrogen-bond donors (Lipinski definition) is 1. The maximum Gasteiger partial charge on any atom is 0.501 e. The molecular weight excluding hydrogens is 418 g/mol. The minimum absolute atomic E-state index is 0.0733. The third-order valence-electron chi connectivity index (χ3n) is 6.34. The van der Waals surface area contributed by atoms with Crippen LogP contribution >= 0.6 is 0 Å². The van der Waals surface area contributed by atoms with E-state index in [4.69, 9.17) is 0 Å². The fourth-order valence-electron chi connectivity index (χ4n) is 4.17. The Morgan fingerprint density at radius 1 is 1.26 bits per heavy atom. The summed E-state index contributed by atoms with van der Waals surface area (Å²) in [4.78, 5) is 27.9. The number of fused-ring (bicyclic) bond motifs is 1. The summed E-state index contributed by atoms with van der Waals surface area (Å²) in [6.07, 6.45) is 7.71. The van der Waals surface area contributed by atoms with E-state index in [1.807, 2.05) is 27.0 Å². The monoisotopic (exact) mass is 444 g/mol. The number of nitrogens with one attached hydrogen (secondary N) is 1. The van der Waals surface area contributed by atoms with Crippen molar-refractivity contribution in [1.29, 1.82) is 0 Å². The van der Waals surface area contributed by atoms with Gasteiger partial charge in [-0.25, -0.2) is 17.9 Å². The van der Waals surface area contributed by atoms with Crippen LogP contribution in [0.3, 0.4) is 0 Å². The molecular formula is C21H26N5O4S+. The van der Waals surface area contributed by atoms with Crippen LogP contribution in [0.1, 0.15) is 44.0 Å². The molecule has 0 saturated heterocycles. The zero-order valence-electron chi connectivity index (χ0n) is 17.8. The van der Waals surface area contributed by atoms with E-state index in [1.54, 1.807) is 15.3 Å². The van der Waals surface area contributed by atoms with Gasteiger partial charge >= 0.3 is 11.9 Å². The zero-order valence-corrected chi connectivity index (χ0v) is 18.6. The molecule has 3 amide bonds. The molecule has 0 radical (unpaired) electrons. The van der Waals surface area contributed by atoms with E-state index in [2.05, 4.69) is 9.82 Å². The molecule has 1 aliphatic heterocycles. The van der Waals surface area contributed by atoms with Crippen molar-refractivity contribution in [3.63, 3.8) is 0 Å². The van der Waals surface area contributed by atoms with Crippen LogP contribution in [-0.4, -0.2) is 56.9 Å². The van der Waals surface area contributed by atoms with E-state index in [0.29, 0.717) is 5.71 Å². The molecule has 1 N–H and O–H groups in total. The fourth-order valence-corrected chi connectivity index (χ4v) is 5.70. The second-order valence-corrected chi connectivity index (χ2v) is 10.9. The molecule has 9 nitrogen and oxygen atoms in total. The van der Waals surface area contributed by atoms with Crippen LogP contribution in [0.25, 0.3) is 0 Å². The molecule has 0 aromatic carbocycles. The first-order valence-electron chi connectivity index (χ1n) is 10.5. The first-order chi connectivity index (χ1) is 14.6. The molecule has 0 bridgehead atoms. The van der Waals surface area contributed by atoms with Gasteiger partial charge in [-0.1, -0.05) is 0 Å². The van der Waals surface area contributed by atoms with E-state index in [0.717, 1.165) is 37.1 Å². The first-order valence-corrected chi connectivity index (χ1v) is 12.0. The Hall–Kier alpha value is -2.59. The van der Waals surface area contributed by atoms with Crippen molar-refractivity contribution in [2.75, 3.05) is 0 Å². The summed E-state index contributed by atoms with van der Waals surface area (Å²) in [7, 11) is -1.93. The van der Waals surface area contributed by atoms with Crippen LogP contribution in [0.4, 0.5) is 4.79 Å². The highest BCUT2D eigenvalue weighted by atomic mass is 32.2. The van der Waals surface area contributed by atoms with Gasteiger partial charge < -0.3 is 0 Å². The van der Waals surface area contributed by atoms with Gasteiger partial charge in [-0.15, -0.1) is 0 Å². The zero-order chi connectivity index (χ0) is 22.1. The largest absolute Gasteiger partial charge is 0.501 e. The van der Waals surface area contributed by atoms with E-state index in [-0.39, 0.29) is 29.4 Å². The number of amides is 3. The van der Waals surface area contributed by atoms with Crippen LogP contribution in [0, 0.1) is 12.8 Å². The molecule has 1 aromatic rings. The Bertz CT molecular complexity index is 1200. The second kappa shape index (κ2) is 6.70. The fraction of sp³-hybridized carbons (Fsp3) is 0.524. The number of aromatic nitrogens is 2. The molecule has 2 saturated carbocycles. The van der Waals surface area contributed by atoms with Gasteiger partial charge in [-0.05, 0) is 63.8 Å². The summed E-state index contributed by atoms with van der Waals surface area (Å²) in [5.41, 5.74) is 1.77. The van der Waals surface area contributed by atoms with Gasteiger partial charge in [0.25, 0.3) is 0 Å². The molecule has 2 fully saturated rings. The summed E-state index contributed by atoms with van der Waals surface area (Å²) in [5, 5.41) is 4.34. The van der Waals surface area contributed by atoms with Crippen molar-refractivity contribution < 1.29 is 22.6 Å². The normalized spacial score (nSPS) is 25.1. The number of sulfonamides is 1. The van der Waals surface area contributed by atoms with Crippen LogP contribution in [0.5, 0.6) is 0 Å². The Kier molecular flexibility index (Phi) is 4.39. The smallest absolute Gasteiger partial charge is 0.268 e. The van der Waals surface area contributed by atoms with Crippen molar-refractivity contribution in [2.45, 2.75) is 57.7 Å². The van der Waals surface area contributed by atoms with Gasteiger partial charge in [0.05, 0.1) is 16.3 Å². The van der Waals surface area contributed by atoms with Gasteiger partial charge in [0.2, 0.25) is 10.0 Å². The van der Waals surface area contributed by atoms with Crippen molar-refractivity contribution in [1.82, 2.24) is 19.4 Å². The van der Waals surface area contributed by atoms with Crippen LogP contribution < -0.4 is 4.72 Å². The molecule has 3 aliphatic carbocycles. The van der Waals surface area contributed by atoms with Crippen molar-refractivity contribution in [3.8, 4) is 0 Å². The van der Waals surface area contributed by atoms with Gasteiger partial charge in [-0.3, -0.25) is 4.68 Å². The van der Waals surface area contributed by atoms with E-state index in [1.165, 1.54) is 17.1 Å². The number of urea groups is 1. The van der Waals surface area contributed by atoms with Crippen LogP contribution in [-0.2, 0) is 28.4 Å². The highest BCUT2D eigenvalue weighted by Gasteiger charge is 2.54. The lowest BCUT2D eigenvalue weighted by atomic mass is 9.94. The Morgan fingerprint density at radius 2 is 1.97 bits per heavy atom. The molecule has 1 atom stereocenters. The maximum atomic E-state index is 13.3. The number of rotatable bonds is 6. The number of carbonyl (C=O) groups is 2. The van der Waals surface area contributed by atoms with Crippen LogP contribution in [0.15, 0.2) is 29.2 Å². The van der Waals surface area contributed by atoms with Gasteiger partial charge in [-0.2, -0.15) is 19.4 Å². The standard InChI is InChI=1S/C21H26N5O4S/c1-13-10-15(24(3)22-13)12-25-18-7-6-16(31(29,30)23-21(2)8-9-21)11-17(18)19(27)26(20(25)28)14-4-5-14/h6-7,10-11,14,17,23H,4-5,8-9,12H2,1-3H3/q+1. The van der Waals surface area contributed by atoms with Crippen molar-refractivity contribution in [3.05, 3.63) is 40.6 Å². The molecule has 1 aromatic heterocycles. The molecule has 164 valence electrons. The Morgan fingerprint density at radius 3 is 2.55 bits per heavy atom. The highest BCUT2D eigenvalue weighted by molar-refractivity contribution is 7.93. The van der Waals surface area contributed by atoms with Gasteiger partial charge in [0, 0.05) is 12.6 Å². The number of carbonyl (C=O) groups excluding carboxylic acids is 2. The molecule has 10 heteroatoms. The number of nitrogens with zero attached hydrogens (tertiary/aromatic N) is 4. The first kappa shape index (κ1) is 20.3. The predicted molar refractivity (Wildman–Crippen MR) is 113 cm³/mol. The topological polar surface area (TPSA) is 104 Å². The van der Waals surface area contributed by atoms with Gasteiger partial charge in [0.15, 0.2) is 0 Å². The lowest BCUT2D eigenvalue weighted by Crippen LogP contribution is -2.55. The van der Waals surface area contributed by atoms with Gasteiger partial charge in [0.1, 0.15) is 24.2 Å². The summed E-state index contributed by atoms with van der Waals surface area (Å²) >= 11 is 0. The third kappa shape index (κ3) is 3.57. The summed E-state index contributed by atoms with van der Waals surface area (Å²) in [6, 6.07) is 1.44. The summed E-state index contributed by atoms with van der Waals surface area (Å²) in [6.45, 7) is 4.01. The van der Waals surface area contributed by atoms with Crippen molar-refractivity contribution >= 4 is 27.7 Å². The average Bonchev–Trinajstić information content (AvgIpc) is 3.61. The molecule has 5 rings (SSSR count). The minimum Gasteiger partial charge on any atom is -0.268 e. The Labute approximate surface area is 181 Å². The van der Waals surface area contributed by atoms with Crippen LogP contribution in [0.2, 0.25) is 0 Å². The average molecular weight is 445 g/mol. The molecule has 4 aliphatic rings. The minimum atomic E-state index is -3.75. The number of aryl methyl sites for hydroxylation is 2. The third-order valence-corrected chi connectivity index (χ3v) is 8.00.